The molecule has 2 aromatic rings. The van der Waals surface area contributed by atoms with Crippen molar-refractivity contribution in [1.82, 2.24) is 5.16 Å². The molecule has 5 heteroatoms. The minimum absolute atomic E-state index is 0.310. The van der Waals surface area contributed by atoms with Gasteiger partial charge in [0.2, 0.25) is 5.88 Å². The fourth-order valence-corrected chi connectivity index (χ4v) is 1.60. The van der Waals surface area contributed by atoms with Crippen LogP contribution in [0.5, 0.6) is 11.5 Å². The summed E-state index contributed by atoms with van der Waals surface area (Å²) in [5.74, 6) is 1.73. The van der Waals surface area contributed by atoms with E-state index < -0.39 is 0 Å². The highest BCUT2D eigenvalue weighted by Crippen LogP contribution is 2.35. The molecule has 1 aromatic carbocycles. The zero-order valence-electron chi connectivity index (χ0n) is 9.98. The summed E-state index contributed by atoms with van der Waals surface area (Å²) < 4.78 is 15.4. The molecule has 0 bridgehead atoms. The number of anilines is 1. The van der Waals surface area contributed by atoms with Crippen LogP contribution in [0.25, 0.3) is 11.3 Å². The summed E-state index contributed by atoms with van der Waals surface area (Å²) in [6.45, 7) is 1.85. The van der Waals surface area contributed by atoms with E-state index in [-0.39, 0.29) is 0 Å². The normalized spacial score (nSPS) is 10.3. The second-order valence-corrected chi connectivity index (χ2v) is 3.59. The molecule has 0 aliphatic carbocycles. The first-order valence-electron chi connectivity index (χ1n) is 5.11. The highest BCUT2D eigenvalue weighted by molar-refractivity contribution is 5.73. The number of ether oxygens (including phenoxy) is 2. The quantitative estimate of drug-likeness (QED) is 0.881. The highest BCUT2D eigenvalue weighted by atomic mass is 16.5. The van der Waals surface area contributed by atoms with Crippen LogP contribution in [-0.2, 0) is 0 Å². The Hall–Kier alpha value is -2.17. The maximum absolute atomic E-state index is 5.64. The summed E-state index contributed by atoms with van der Waals surface area (Å²) >= 11 is 0. The van der Waals surface area contributed by atoms with Crippen LogP contribution < -0.4 is 15.2 Å². The third kappa shape index (κ3) is 1.91. The predicted octanol–water partition coefficient (Wildman–Crippen LogP) is 2.25. The minimum Gasteiger partial charge on any atom is -0.497 e. The van der Waals surface area contributed by atoms with Crippen molar-refractivity contribution in [1.29, 1.82) is 0 Å². The van der Waals surface area contributed by atoms with Crippen LogP contribution in [0.2, 0.25) is 0 Å². The maximum atomic E-state index is 5.64. The van der Waals surface area contributed by atoms with E-state index in [1.807, 2.05) is 25.1 Å². The summed E-state index contributed by atoms with van der Waals surface area (Å²) in [5, 5.41) is 3.93. The van der Waals surface area contributed by atoms with Gasteiger partial charge in [0.25, 0.3) is 0 Å². The number of benzene rings is 1. The SMILES string of the molecule is COc1ccc(OC)c(-c2noc(N)c2C)c1. The number of methoxy groups -OCH3 is 2. The van der Waals surface area contributed by atoms with Crippen molar-refractivity contribution in [3.63, 3.8) is 0 Å². The Morgan fingerprint density at radius 1 is 1.24 bits per heavy atom. The Morgan fingerprint density at radius 3 is 2.53 bits per heavy atom. The fourth-order valence-electron chi connectivity index (χ4n) is 1.60. The van der Waals surface area contributed by atoms with Crippen molar-refractivity contribution in [3.05, 3.63) is 23.8 Å². The van der Waals surface area contributed by atoms with Crippen LogP contribution in [0.4, 0.5) is 5.88 Å². The Kier molecular flexibility index (Phi) is 2.91. The number of aromatic nitrogens is 1. The molecule has 1 heterocycles. The zero-order valence-corrected chi connectivity index (χ0v) is 9.98. The smallest absolute Gasteiger partial charge is 0.225 e. The van der Waals surface area contributed by atoms with Crippen LogP contribution >= 0.6 is 0 Å². The van der Waals surface area contributed by atoms with Gasteiger partial charge in [-0.25, -0.2) is 0 Å². The molecule has 0 saturated carbocycles. The minimum atomic E-state index is 0.310. The number of nitrogens with two attached hydrogens (primary N) is 1. The number of hydrogen-bond acceptors (Lipinski definition) is 5. The number of nitrogens with zero attached hydrogens (tertiary/aromatic N) is 1. The highest BCUT2D eigenvalue weighted by Gasteiger charge is 2.16. The average Bonchev–Trinajstić information content (AvgIpc) is 2.69. The molecule has 0 saturated heterocycles. The van der Waals surface area contributed by atoms with Gasteiger partial charge >= 0.3 is 0 Å². The van der Waals surface area contributed by atoms with E-state index in [1.54, 1.807) is 14.2 Å². The molecular weight excluding hydrogens is 220 g/mol. The van der Waals surface area contributed by atoms with Gasteiger partial charge < -0.3 is 19.7 Å². The van der Waals surface area contributed by atoms with Gasteiger partial charge in [-0.3, -0.25) is 0 Å². The van der Waals surface area contributed by atoms with Gasteiger partial charge in [-0.2, -0.15) is 0 Å². The molecular formula is C12H14N2O3. The molecule has 1 aromatic heterocycles. The van der Waals surface area contributed by atoms with E-state index in [0.717, 1.165) is 16.9 Å². The Morgan fingerprint density at radius 2 is 2.00 bits per heavy atom. The van der Waals surface area contributed by atoms with Gasteiger partial charge in [0.15, 0.2) is 0 Å². The molecule has 17 heavy (non-hydrogen) atoms. The van der Waals surface area contributed by atoms with E-state index in [4.69, 9.17) is 19.7 Å². The first kappa shape index (κ1) is 11.3. The average molecular weight is 234 g/mol. The number of nitrogen functional groups attached to an aromatic ring is 1. The van der Waals surface area contributed by atoms with E-state index in [1.165, 1.54) is 0 Å². The number of rotatable bonds is 3. The molecule has 2 N–H and O–H groups in total. The lowest BCUT2D eigenvalue weighted by Gasteiger charge is -2.08. The fraction of sp³-hybridized carbons (Fsp3) is 0.250. The molecule has 0 unspecified atom stereocenters. The van der Waals surface area contributed by atoms with Crippen LogP contribution in [0, 0.1) is 6.92 Å². The number of hydrogen-bond donors (Lipinski definition) is 1. The largest absolute Gasteiger partial charge is 0.497 e. The van der Waals surface area contributed by atoms with Crippen LogP contribution in [0.1, 0.15) is 5.56 Å². The van der Waals surface area contributed by atoms with Gasteiger partial charge in [-0.05, 0) is 25.1 Å². The molecule has 0 fully saturated rings. The van der Waals surface area contributed by atoms with E-state index >= 15 is 0 Å². The van der Waals surface area contributed by atoms with Gasteiger partial charge in [0.1, 0.15) is 17.2 Å². The Labute approximate surface area is 99.1 Å². The molecule has 2 rings (SSSR count). The summed E-state index contributed by atoms with van der Waals surface area (Å²) in [6, 6.07) is 5.47. The molecule has 0 aliphatic heterocycles. The summed E-state index contributed by atoms with van der Waals surface area (Å²) in [4.78, 5) is 0. The second kappa shape index (κ2) is 4.37. The maximum Gasteiger partial charge on any atom is 0.225 e. The summed E-state index contributed by atoms with van der Waals surface area (Å²) in [7, 11) is 3.21. The van der Waals surface area contributed by atoms with Crippen molar-refractivity contribution in [2.75, 3.05) is 20.0 Å². The van der Waals surface area contributed by atoms with Crippen LogP contribution in [0.15, 0.2) is 22.7 Å². The lowest BCUT2D eigenvalue weighted by molar-refractivity contribution is 0.403. The van der Waals surface area contributed by atoms with Crippen molar-refractivity contribution < 1.29 is 14.0 Å². The zero-order chi connectivity index (χ0) is 12.4. The van der Waals surface area contributed by atoms with Gasteiger partial charge in [0, 0.05) is 11.1 Å². The van der Waals surface area contributed by atoms with Gasteiger partial charge in [0.05, 0.1) is 14.2 Å². The lowest BCUT2D eigenvalue weighted by atomic mass is 10.1. The van der Waals surface area contributed by atoms with E-state index in [0.29, 0.717) is 17.3 Å². The van der Waals surface area contributed by atoms with Crippen LogP contribution in [0.3, 0.4) is 0 Å². The van der Waals surface area contributed by atoms with E-state index in [9.17, 15) is 0 Å². The summed E-state index contributed by atoms with van der Waals surface area (Å²) in [5.41, 5.74) is 7.89. The Bertz CT molecular complexity index is 535. The van der Waals surface area contributed by atoms with Crippen molar-refractivity contribution in [2.45, 2.75) is 6.92 Å². The first-order valence-corrected chi connectivity index (χ1v) is 5.11. The predicted molar refractivity (Wildman–Crippen MR) is 64.2 cm³/mol. The molecule has 0 atom stereocenters. The van der Waals surface area contributed by atoms with E-state index in [2.05, 4.69) is 5.16 Å². The standard InChI is InChI=1S/C12H14N2O3/c1-7-11(14-17-12(7)13)9-6-8(15-2)4-5-10(9)16-3/h4-6H,13H2,1-3H3. The molecule has 90 valence electrons. The van der Waals surface area contributed by atoms with Gasteiger partial charge in [-0.1, -0.05) is 5.16 Å². The van der Waals surface area contributed by atoms with Crippen molar-refractivity contribution >= 4 is 5.88 Å². The monoisotopic (exact) mass is 234 g/mol. The first-order chi connectivity index (χ1) is 8.17. The van der Waals surface area contributed by atoms with Crippen molar-refractivity contribution in [2.24, 2.45) is 0 Å². The van der Waals surface area contributed by atoms with Crippen LogP contribution in [-0.4, -0.2) is 19.4 Å². The molecule has 5 nitrogen and oxygen atoms in total. The molecule has 0 spiro atoms. The summed E-state index contributed by atoms with van der Waals surface area (Å²) in [6.07, 6.45) is 0. The van der Waals surface area contributed by atoms with Gasteiger partial charge in [-0.15, -0.1) is 0 Å². The lowest BCUT2D eigenvalue weighted by Crippen LogP contribution is -1.92. The third-order valence-electron chi connectivity index (χ3n) is 2.62. The Balaban J connectivity index is 2.60. The topological polar surface area (TPSA) is 70.5 Å². The third-order valence-corrected chi connectivity index (χ3v) is 2.62. The second-order valence-electron chi connectivity index (χ2n) is 3.59. The molecule has 0 aliphatic rings. The molecule has 0 radical (unpaired) electrons. The van der Waals surface area contributed by atoms with Crippen molar-refractivity contribution in [3.8, 4) is 22.8 Å². The molecule has 0 amide bonds.